The number of aliphatic imine (C=N–C) groups is 1. The number of hydrogen-bond acceptors (Lipinski definition) is 5. The van der Waals surface area contributed by atoms with Gasteiger partial charge in [0.1, 0.15) is 0 Å². The molecule has 6 heteroatoms. The quantitative estimate of drug-likeness (QED) is 0.356. The second-order valence-electron chi connectivity index (χ2n) is 7.26. The minimum atomic E-state index is -0.780. The Balaban J connectivity index is 1.78. The molecule has 1 aliphatic heterocycles. The number of carboxylic acid groups (broad SMARTS) is 1. The van der Waals surface area contributed by atoms with Crippen LogP contribution in [0.2, 0.25) is 0 Å². The summed E-state index contributed by atoms with van der Waals surface area (Å²) in [5.41, 5.74) is 0. The smallest absolute Gasteiger partial charge is 0.303 e. The second kappa shape index (κ2) is 9.92. The van der Waals surface area contributed by atoms with Crippen molar-refractivity contribution in [3.8, 4) is 0 Å². The van der Waals surface area contributed by atoms with Gasteiger partial charge in [0.25, 0.3) is 0 Å². The number of nitrogens with one attached hydrogen (secondary N) is 1. The van der Waals surface area contributed by atoms with Crippen molar-refractivity contribution in [2.75, 3.05) is 6.54 Å². The summed E-state index contributed by atoms with van der Waals surface area (Å²) in [6.45, 7) is 2.76. The van der Waals surface area contributed by atoms with Gasteiger partial charge in [-0.3, -0.25) is 9.79 Å². The molecule has 142 valence electrons. The van der Waals surface area contributed by atoms with Crippen molar-refractivity contribution in [2.24, 2.45) is 16.8 Å². The van der Waals surface area contributed by atoms with Crippen LogP contribution in [0.15, 0.2) is 17.1 Å². The van der Waals surface area contributed by atoms with E-state index in [1.54, 1.807) is 0 Å². The molecular weight excluding hydrogens is 320 g/mol. The van der Waals surface area contributed by atoms with Gasteiger partial charge in [0.2, 0.25) is 0 Å². The molecular formula is C19H32N2O4. The predicted octanol–water partition coefficient (Wildman–Crippen LogP) is 2.11. The van der Waals surface area contributed by atoms with Gasteiger partial charge < -0.3 is 20.6 Å². The average molecular weight is 352 g/mol. The molecule has 4 N–H and O–H groups in total. The number of hydrogen-bond donors (Lipinski definition) is 4. The molecule has 0 saturated heterocycles. The summed E-state index contributed by atoms with van der Waals surface area (Å²) >= 11 is 0. The lowest BCUT2D eigenvalue weighted by atomic mass is 9.90. The van der Waals surface area contributed by atoms with E-state index >= 15 is 0 Å². The largest absolute Gasteiger partial charge is 0.481 e. The van der Waals surface area contributed by atoms with E-state index in [1.165, 1.54) is 0 Å². The van der Waals surface area contributed by atoms with Crippen LogP contribution in [0.5, 0.6) is 0 Å². The molecule has 1 saturated carbocycles. The average Bonchev–Trinajstić information content (AvgIpc) is 3.06. The maximum Gasteiger partial charge on any atom is 0.303 e. The fourth-order valence-corrected chi connectivity index (χ4v) is 3.84. The zero-order chi connectivity index (χ0) is 18.2. The number of fused-ring (bicyclic) bond motifs is 1. The first-order chi connectivity index (χ1) is 12.0. The third-order valence-electron chi connectivity index (χ3n) is 5.22. The standard InChI is InChI=1S/C19H32N2O4/c1-2-3-4-6-13(22)8-9-14-15-11-18(20-10-5-7-19(24)25)21-16(15)12-17(14)23/h8-9,13-17,22-23H,2-7,10-12H2,1H3,(H,20,21)(H,24,25)/t13-,14?,15?,16?,17?/m0/s1. The molecule has 5 atom stereocenters. The third-order valence-corrected chi connectivity index (χ3v) is 5.22. The van der Waals surface area contributed by atoms with Crippen molar-refractivity contribution in [2.45, 2.75) is 76.5 Å². The normalized spacial score (nSPS) is 29.6. The van der Waals surface area contributed by atoms with Crippen molar-refractivity contribution in [3.05, 3.63) is 12.2 Å². The van der Waals surface area contributed by atoms with Crippen LogP contribution in [0.1, 0.15) is 58.3 Å². The number of aliphatic hydroxyl groups is 2. The third kappa shape index (κ3) is 6.12. The lowest BCUT2D eigenvalue weighted by Crippen LogP contribution is -2.26. The number of rotatable bonds is 10. The van der Waals surface area contributed by atoms with Crippen molar-refractivity contribution in [1.29, 1.82) is 0 Å². The topological polar surface area (TPSA) is 102 Å². The van der Waals surface area contributed by atoms with E-state index in [1.807, 2.05) is 12.2 Å². The second-order valence-corrected chi connectivity index (χ2v) is 7.26. The van der Waals surface area contributed by atoms with E-state index in [0.717, 1.165) is 37.9 Å². The summed E-state index contributed by atoms with van der Waals surface area (Å²) in [7, 11) is 0. The molecule has 0 aromatic carbocycles. The molecule has 25 heavy (non-hydrogen) atoms. The highest BCUT2D eigenvalue weighted by Gasteiger charge is 2.44. The van der Waals surface area contributed by atoms with Crippen LogP contribution in [-0.2, 0) is 4.79 Å². The van der Waals surface area contributed by atoms with Gasteiger partial charge in [-0.25, -0.2) is 0 Å². The van der Waals surface area contributed by atoms with E-state index in [2.05, 4.69) is 17.2 Å². The van der Waals surface area contributed by atoms with Gasteiger partial charge in [-0.15, -0.1) is 0 Å². The molecule has 0 aromatic heterocycles. The van der Waals surface area contributed by atoms with Crippen LogP contribution >= 0.6 is 0 Å². The summed E-state index contributed by atoms with van der Waals surface area (Å²) in [5, 5.41) is 32.2. The van der Waals surface area contributed by atoms with Crippen LogP contribution in [0, 0.1) is 11.8 Å². The molecule has 4 unspecified atom stereocenters. The highest BCUT2D eigenvalue weighted by molar-refractivity contribution is 5.84. The first-order valence-electron chi connectivity index (χ1n) is 9.58. The Bertz CT molecular complexity index is 492. The lowest BCUT2D eigenvalue weighted by molar-refractivity contribution is -0.137. The number of unbranched alkanes of at least 4 members (excludes halogenated alkanes) is 2. The van der Waals surface area contributed by atoms with Crippen molar-refractivity contribution >= 4 is 11.8 Å². The Morgan fingerprint density at radius 1 is 1.40 bits per heavy atom. The van der Waals surface area contributed by atoms with E-state index in [4.69, 9.17) is 5.11 Å². The minimum Gasteiger partial charge on any atom is -0.481 e. The number of amidine groups is 1. The molecule has 0 amide bonds. The fraction of sp³-hybridized carbons (Fsp3) is 0.789. The maximum atomic E-state index is 10.5. The Labute approximate surface area is 150 Å². The van der Waals surface area contributed by atoms with Gasteiger partial charge in [0, 0.05) is 25.3 Å². The van der Waals surface area contributed by atoms with Crippen LogP contribution < -0.4 is 5.32 Å². The number of nitrogens with zero attached hydrogens (tertiary/aromatic N) is 1. The van der Waals surface area contributed by atoms with E-state index in [-0.39, 0.29) is 24.3 Å². The lowest BCUT2D eigenvalue weighted by Gasteiger charge is -2.18. The van der Waals surface area contributed by atoms with Gasteiger partial charge in [-0.2, -0.15) is 0 Å². The Morgan fingerprint density at radius 3 is 2.92 bits per heavy atom. The number of carbonyl (C=O) groups is 1. The number of aliphatic hydroxyl groups excluding tert-OH is 2. The van der Waals surface area contributed by atoms with E-state index in [9.17, 15) is 15.0 Å². The molecule has 0 spiro atoms. The van der Waals surface area contributed by atoms with Crippen LogP contribution in [0.25, 0.3) is 0 Å². The van der Waals surface area contributed by atoms with Crippen molar-refractivity contribution < 1.29 is 20.1 Å². The molecule has 6 nitrogen and oxygen atoms in total. The Hall–Kier alpha value is -1.40. The highest BCUT2D eigenvalue weighted by Crippen LogP contribution is 2.41. The molecule has 1 heterocycles. The molecule has 0 aromatic rings. The molecule has 2 rings (SSSR count). The van der Waals surface area contributed by atoms with Gasteiger partial charge in [-0.05, 0) is 25.2 Å². The molecule has 2 aliphatic rings. The van der Waals surface area contributed by atoms with Gasteiger partial charge >= 0.3 is 5.97 Å². The molecule has 0 bridgehead atoms. The van der Waals surface area contributed by atoms with Gasteiger partial charge in [0.15, 0.2) is 0 Å². The van der Waals surface area contributed by atoms with Crippen molar-refractivity contribution in [1.82, 2.24) is 5.32 Å². The number of aliphatic carboxylic acids is 1. The molecule has 1 aliphatic carbocycles. The number of carboxylic acids is 1. The Kier molecular flexibility index (Phi) is 7.90. The highest BCUT2D eigenvalue weighted by atomic mass is 16.4. The Morgan fingerprint density at radius 2 is 2.20 bits per heavy atom. The molecule has 0 radical (unpaired) electrons. The van der Waals surface area contributed by atoms with Crippen LogP contribution in [0.4, 0.5) is 0 Å². The fourth-order valence-electron chi connectivity index (χ4n) is 3.84. The SMILES string of the molecule is CCCCC[C@H](O)C=CC1C(O)CC2N=C(NCCCC(=O)O)CC21. The molecule has 1 fully saturated rings. The van der Waals surface area contributed by atoms with Gasteiger partial charge in [0.05, 0.1) is 24.1 Å². The summed E-state index contributed by atoms with van der Waals surface area (Å²) in [6, 6.07) is 0.129. The first-order valence-corrected chi connectivity index (χ1v) is 9.58. The van der Waals surface area contributed by atoms with Crippen molar-refractivity contribution in [3.63, 3.8) is 0 Å². The first kappa shape index (κ1) is 19.9. The monoisotopic (exact) mass is 352 g/mol. The summed E-state index contributed by atoms with van der Waals surface area (Å²) in [5.74, 6) is 0.455. The summed E-state index contributed by atoms with van der Waals surface area (Å²) in [4.78, 5) is 15.2. The van der Waals surface area contributed by atoms with Crippen LogP contribution in [0.3, 0.4) is 0 Å². The van der Waals surface area contributed by atoms with E-state index < -0.39 is 18.2 Å². The van der Waals surface area contributed by atoms with Crippen LogP contribution in [-0.4, -0.2) is 51.9 Å². The summed E-state index contributed by atoms with van der Waals surface area (Å²) in [6.07, 6.45) is 9.24. The minimum absolute atomic E-state index is 0.0351. The zero-order valence-electron chi connectivity index (χ0n) is 15.1. The zero-order valence-corrected chi connectivity index (χ0v) is 15.1. The predicted molar refractivity (Wildman–Crippen MR) is 97.6 cm³/mol. The maximum absolute atomic E-state index is 10.5. The summed E-state index contributed by atoms with van der Waals surface area (Å²) < 4.78 is 0. The van der Waals surface area contributed by atoms with E-state index in [0.29, 0.717) is 19.4 Å². The van der Waals surface area contributed by atoms with Gasteiger partial charge in [-0.1, -0.05) is 38.3 Å².